The van der Waals surface area contributed by atoms with E-state index in [4.69, 9.17) is 14.4 Å². The summed E-state index contributed by atoms with van der Waals surface area (Å²) in [5.74, 6) is -0.511. The van der Waals surface area contributed by atoms with E-state index in [1.165, 1.54) is 0 Å². The van der Waals surface area contributed by atoms with Gasteiger partial charge in [-0.3, -0.25) is 9.59 Å². The monoisotopic (exact) mass is 611 g/mol. The van der Waals surface area contributed by atoms with Crippen molar-refractivity contribution < 1.29 is 29.1 Å². The highest BCUT2D eigenvalue weighted by molar-refractivity contribution is 5.97. The van der Waals surface area contributed by atoms with Gasteiger partial charge in [-0.25, -0.2) is 0 Å². The van der Waals surface area contributed by atoms with Crippen LogP contribution >= 0.6 is 0 Å². The highest BCUT2D eigenvalue weighted by Crippen LogP contribution is 2.43. The van der Waals surface area contributed by atoms with Gasteiger partial charge in [0.25, 0.3) is 5.89 Å². The lowest BCUT2D eigenvalue weighted by Crippen LogP contribution is -2.40. The molecule has 0 amide bonds. The number of nitrogens with zero attached hydrogens (tertiary/aromatic N) is 3. The van der Waals surface area contributed by atoms with Crippen LogP contribution in [0.25, 0.3) is 33.6 Å². The van der Waals surface area contributed by atoms with Crippen LogP contribution in [0.2, 0.25) is 0 Å². The average Bonchev–Trinajstić information content (AvgIpc) is 3.51. The Morgan fingerprint density at radius 2 is 1.78 bits per heavy atom. The minimum atomic E-state index is -0.963. The van der Waals surface area contributed by atoms with Crippen LogP contribution in [-0.2, 0) is 16.0 Å². The third-order valence-corrected chi connectivity index (χ3v) is 8.67. The van der Waals surface area contributed by atoms with Gasteiger partial charge in [0.1, 0.15) is 11.8 Å². The van der Waals surface area contributed by atoms with Gasteiger partial charge >= 0.3 is 11.9 Å². The van der Waals surface area contributed by atoms with E-state index in [9.17, 15) is 20.0 Å². The van der Waals surface area contributed by atoms with Crippen molar-refractivity contribution in [1.82, 2.24) is 10.1 Å². The number of carbonyl (C=O) groups is 2. The van der Waals surface area contributed by atoms with Gasteiger partial charge in [0.05, 0.1) is 17.1 Å². The van der Waals surface area contributed by atoms with E-state index in [-0.39, 0.29) is 24.3 Å². The van der Waals surface area contributed by atoms with Crippen molar-refractivity contribution >= 4 is 22.7 Å². The standard InChI is InChI=1S/C36H41N3O6/c1-5-27(12-8-7-9-15-32(40)41)36(6-2,35(42)43)21-25-16-18-30(29-14-11-10-13-28(25)29)33-38-34(45-39-33)24-17-19-31(44-23(3)4)26(20-24)22-37/h10-11,13-14,16-20,23,27H,5-9,12,15,21H2,1-4H3,(H,40,41)(H,42,43). The molecule has 0 saturated heterocycles. The van der Waals surface area contributed by atoms with E-state index in [1.807, 2.05) is 64.1 Å². The lowest BCUT2D eigenvalue weighted by molar-refractivity contribution is -0.153. The average molecular weight is 612 g/mol. The quantitative estimate of drug-likeness (QED) is 0.119. The van der Waals surface area contributed by atoms with E-state index in [2.05, 4.69) is 16.2 Å². The van der Waals surface area contributed by atoms with E-state index in [0.717, 1.165) is 47.6 Å². The predicted octanol–water partition coefficient (Wildman–Crippen LogP) is 8.30. The molecule has 4 rings (SSSR count). The highest BCUT2D eigenvalue weighted by atomic mass is 16.5. The van der Waals surface area contributed by atoms with Gasteiger partial charge in [0, 0.05) is 17.5 Å². The van der Waals surface area contributed by atoms with Crippen molar-refractivity contribution in [2.24, 2.45) is 11.3 Å². The summed E-state index contributed by atoms with van der Waals surface area (Å²) < 4.78 is 11.4. The van der Waals surface area contributed by atoms with E-state index < -0.39 is 17.4 Å². The number of carboxylic acids is 2. The number of carboxylic acid groups (broad SMARTS) is 2. The molecule has 0 radical (unpaired) electrons. The summed E-state index contributed by atoms with van der Waals surface area (Å²) in [7, 11) is 0. The fraction of sp³-hybridized carbons (Fsp3) is 0.417. The molecule has 2 N–H and O–H groups in total. The third kappa shape index (κ3) is 7.51. The van der Waals surface area contributed by atoms with Crippen LogP contribution in [0, 0.1) is 22.7 Å². The number of hydrogen-bond donors (Lipinski definition) is 2. The van der Waals surface area contributed by atoms with Crippen molar-refractivity contribution in [3.05, 3.63) is 65.7 Å². The van der Waals surface area contributed by atoms with Crippen molar-refractivity contribution in [3.8, 4) is 34.7 Å². The second-order valence-electron chi connectivity index (χ2n) is 11.8. The summed E-state index contributed by atoms with van der Waals surface area (Å²) in [6.45, 7) is 7.77. The zero-order valence-corrected chi connectivity index (χ0v) is 26.4. The molecule has 0 aliphatic carbocycles. The molecule has 2 unspecified atom stereocenters. The first kappa shape index (κ1) is 33.2. The molecule has 0 spiro atoms. The Hall–Kier alpha value is -4.71. The topological polar surface area (TPSA) is 147 Å². The van der Waals surface area contributed by atoms with E-state index in [1.54, 1.807) is 18.2 Å². The molecule has 1 heterocycles. The molecule has 0 aliphatic rings. The second kappa shape index (κ2) is 14.8. The summed E-state index contributed by atoms with van der Waals surface area (Å²) >= 11 is 0. The molecule has 0 saturated carbocycles. The first-order valence-corrected chi connectivity index (χ1v) is 15.6. The Bertz CT molecular complexity index is 1690. The van der Waals surface area contributed by atoms with Crippen LogP contribution in [0.4, 0.5) is 0 Å². The molecule has 1 aromatic heterocycles. The maximum atomic E-state index is 13.0. The molecular formula is C36H41N3O6. The first-order chi connectivity index (χ1) is 21.6. The van der Waals surface area contributed by atoms with Crippen LogP contribution in [0.5, 0.6) is 5.75 Å². The molecule has 3 aromatic carbocycles. The van der Waals surface area contributed by atoms with Crippen LogP contribution in [0.3, 0.4) is 0 Å². The van der Waals surface area contributed by atoms with Crippen LogP contribution in [0.15, 0.2) is 59.1 Å². The van der Waals surface area contributed by atoms with Crippen molar-refractivity contribution in [1.29, 1.82) is 5.26 Å². The Labute approximate surface area is 263 Å². The number of hydrogen-bond acceptors (Lipinski definition) is 7. The number of rotatable bonds is 16. The summed E-state index contributed by atoms with van der Waals surface area (Å²) in [6.07, 6.45) is 4.52. The maximum Gasteiger partial charge on any atom is 0.310 e. The zero-order chi connectivity index (χ0) is 32.6. The molecule has 9 heteroatoms. The van der Waals surface area contributed by atoms with Crippen LogP contribution < -0.4 is 4.74 Å². The fourth-order valence-corrected chi connectivity index (χ4v) is 6.28. The van der Waals surface area contributed by atoms with Crippen molar-refractivity contribution in [2.75, 3.05) is 0 Å². The lowest BCUT2D eigenvalue weighted by atomic mass is 9.66. The molecule has 0 aliphatic heterocycles. The Balaban J connectivity index is 1.65. The largest absolute Gasteiger partial charge is 0.490 e. The number of fused-ring (bicyclic) bond motifs is 1. The number of benzene rings is 3. The van der Waals surface area contributed by atoms with Crippen LogP contribution in [0.1, 0.15) is 83.8 Å². The number of aliphatic carboxylic acids is 2. The summed E-state index contributed by atoms with van der Waals surface area (Å²) in [6, 6.07) is 19.1. The summed E-state index contributed by atoms with van der Waals surface area (Å²) in [5, 5.41) is 35.3. The van der Waals surface area contributed by atoms with Crippen molar-refractivity contribution in [3.63, 3.8) is 0 Å². The summed E-state index contributed by atoms with van der Waals surface area (Å²) in [5.41, 5.74) is 1.71. The molecule has 0 fully saturated rings. The normalized spacial score (nSPS) is 13.3. The molecule has 9 nitrogen and oxygen atoms in total. The third-order valence-electron chi connectivity index (χ3n) is 8.67. The number of nitriles is 1. The molecule has 236 valence electrons. The van der Waals surface area contributed by atoms with Gasteiger partial charge in [-0.05, 0) is 80.0 Å². The lowest BCUT2D eigenvalue weighted by Gasteiger charge is -2.37. The van der Waals surface area contributed by atoms with Gasteiger partial charge in [-0.15, -0.1) is 0 Å². The molecular weight excluding hydrogens is 570 g/mol. The molecule has 4 aromatic rings. The highest BCUT2D eigenvalue weighted by Gasteiger charge is 2.43. The Morgan fingerprint density at radius 3 is 2.42 bits per heavy atom. The number of aromatic nitrogens is 2. The van der Waals surface area contributed by atoms with Gasteiger partial charge in [0.15, 0.2) is 0 Å². The first-order valence-electron chi connectivity index (χ1n) is 15.6. The predicted molar refractivity (Wildman–Crippen MR) is 172 cm³/mol. The van der Waals surface area contributed by atoms with Gasteiger partial charge in [-0.2, -0.15) is 10.2 Å². The molecule has 0 bridgehead atoms. The maximum absolute atomic E-state index is 13.0. The fourth-order valence-electron chi connectivity index (χ4n) is 6.28. The molecule has 45 heavy (non-hydrogen) atoms. The van der Waals surface area contributed by atoms with Gasteiger partial charge < -0.3 is 19.5 Å². The minimum Gasteiger partial charge on any atom is -0.490 e. The summed E-state index contributed by atoms with van der Waals surface area (Å²) in [4.78, 5) is 28.5. The van der Waals surface area contributed by atoms with E-state index >= 15 is 0 Å². The number of ether oxygens (including phenoxy) is 1. The SMILES string of the molecule is CCC(CCCCCC(=O)O)C(CC)(Cc1ccc(-c2noc(-c3ccc(OC(C)C)c(C#N)c3)n2)c2ccccc12)C(=O)O. The second-order valence-corrected chi connectivity index (χ2v) is 11.8. The van der Waals surface area contributed by atoms with Gasteiger partial charge in [-0.1, -0.05) is 74.7 Å². The van der Waals surface area contributed by atoms with E-state index in [0.29, 0.717) is 42.0 Å². The molecule has 2 atom stereocenters. The smallest absolute Gasteiger partial charge is 0.310 e. The number of unbranched alkanes of at least 4 members (excludes halogenated alkanes) is 2. The van der Waals surface area contributed by atoms with Crippen molar-refractivity contribution in [2.45, 2.75) is 85.2 Å². The minimum absolute atomic E-state index is 0.0568. The van der Waals surface area contributed by atoms with Crippen LogP contribution in [-0.4, -0.2) is 38.4 Å². The van der Waals surface area contributed by atoms with Gasteiger partial charge in [0.2, 0.25) is 5.82 Å². The Kier molecular flexibility index (Phi) is 10.9. The Morgan fingerprint density at radius 1 is 1.02 bits per heavy atom. The zero-order valence-electron chi connectivity index (χ0n) is 26.4.